The summed E-state index contributed by atoms with van der Waals surface area (Å²) in [5, 5.41) is 15.5. The quantitative estimate of drug-likeness (QED) is 0.558. The number of nitrogens with zero attached hydrogens (tertiary/aromatic N) is 5. The van der Waals surface area contributed by atoms with Crippen molar-refractivity contribution in [3.8, 4) is 11.4 Å². The van der Waals surface area contributed by atoms with Crippen LogP contribution in [0.2, 0.25) is 0 Å². The maximum Gasteiger partial charge on any atom is 0.251 e. The van der Waals surface area contributed by atoms with E-state index in [4.69, 9.17) is 4.74 Å². The summed E-state index contributed by atoms with van der Waals surface area (Å²) in [5.41, 5.74) is 2.51. The number of hydrogen-bond donors (Lipinski definition) is 1. The Morgan fingerprint density at radius 2 is 1.96 bits per heavy atom. The molecule has 0 aliphatic heterocycles. The molecule has 28 heavy (non-hydrogen) atoms. The standard InChI is InChI=1S/C20H20N6O2/c1-14-22-23-24-26(14)17-5-3-15(4-6-17)20(27)21-10-12-25-11-9-16-13-18(28-2)7-8-19(16)25/h3-9,11,13H,10,12H2,1-2H3,(H,21,27). The third kappa shape index (κ3) is 3.44. The number of methoxy groups -OCH3 is 1. The highest BCUT2D eigenvalue weighted by Gasteiger charge is 2.08. The second kappa shape index (κ2) is 7.51. The molecule has 0 atom stereocenters. The topological polar surface area (TPSA) is 86.9 Å². The highest BCUT2D eigenvalue weighted by atomic mass is 16.5. The first-order valence-corrected chi connectivity index (χ1v) is 8.92. The maximum atomic E-state index is 12.4. The molecule has 8 nitrogen and oxygen atoms in total. The van der Waals surface area contributed by atoms with Crippen molar-refractivity contribution in [2.45, 2.75) is 13.5 Å². The van der Waals surface area contributed by atoms with Gasteiger partial charge in [0, 0.05) is 35.8 Å². The minimum absolute atomic E-state index is 0.113. The number of fused-ring (bicyclic) bond motifs is 1. The lowest BCUT2D eigenvalue weighted by Crippen LogP contribution is -2.27. The Balaban J connectivity index is 1.37. The third-order valence-electron chi connectivity index (χ3n) is 4.62. The highest BCUT2D eigenvalue weighted by molar-refractivity contribution is 5.94. The van der Waals surface area contributed by atoms with Crippen LogP contribution in [0.3, 0.4) is 0 Å². The molecular formula is C20H20N6O2. The Morgan fingerprint density at radius 1 is 1.14 bits per heavy atom. The van der Waals surface area contributed by atoms with Gasteiger partial charge < -0.3 is 14.6 Å². The van der Waals surface area contributed by atoms with E-state index in [-0.39, 0.29) is 5.91 Å². The Hall–Kier alpha value is -3.68. The van der Waals surface area contributed by atoms with E-state index in [9.17, 15) is 4.79 Å². The zero-order valence-corrected chi connectivity index (χ0v) is 15.7. The van der Waals surface area contributed by atoms with E-state index >= 15 is 0 Å². The molecule has 0 aliphatic rings. The average Bonchev–Trinajstić information content (AvgIpc) is 3.33. The minimum atomic E-state index is -0.113. The summed E-state index contributed by atoms with van der Waals surface area (Å²) >= 11 is 0. The Labute approximate surface area is 161 Å². The van der Waals surface area contributed by atoms with E-state index in [1.54, 1.807) is 23.9 Å². The van der Waals surface area contributed by atoms with E-state index in [1.165, 1.54) is 0 Å². The summed E-state index contributed by atoms with van der Waals surface area (Å²) in [6, 6.07) is 15.2. The van der Waals surface area contributed by atoms with Gasteiger partial charge in [-0.3, -0.25) is 4.79 Å². The van der Waals surface area contributed by atoms with Crippen LogP contribution < -0.4 is 10.1 Å². The molecule has 0 spiro atoms. The Bertz CT molecular complexity index is 1110. The van der Waals surface area contributed by atoms with E-state index < -0.39 is 0 Å². The van der Waals surface area contributed by atoms with Crippen LogP contribution in [0.15, 0.2) is 54.7 Å². The van der Waals surface area contributed by atoms with Crippen LogP contribution in [-0.2, 0) is 6.54 Å². The van der Waals surface area contributed by atoms with Gasteiger partial charge in [0.25, 0.3) is 5.91 Å². The number of aromatic nitrogens is 5. The molecule has 2 aromatic heterocycles. The second-order valence-electron chi connectivity index (χ2n) is 6.37. The molecule has 0 radical (unpaired) electrons. The number of tetrazole rings is 1. The zero-order chi connectivity index (χ0) is 19.5. The van der Waals surface area contributed by atoms with Crippen molar-refractivity contribution >= 4 is 16.8 Å². The fourth-order valence-corrected chi connectivity index (χ4v) is 3.12. The van der Waals surface area contributed by atoms with Gasteiger partial charge >= 0.3 is 0 Å². The van der Waals surface area contributed by atoms with Gasteiger partial charge in [0.15, 0.2) is 5.82 Å². The fourth-order valence-electron chi connectivity index (χ4n) is 3.12. The van der Waals surface area contributed by atoms with Crippen molar-refractivity contribution in [2.75, 3.05) is 13.7 Å². The van der Waals surface area contributed by atoms with Gasteiger partial charge in [-0.05, 0) is 65.9 Å². The van der Waals surface area contributed by atoms with E-state index in [2.05, 4.69) is 25.4 Å². The predicted molar refractivity (Wildman–Crippen MR) is 105 cm³/mol. The van der Waals surface area contributed by atoms with Crippen LogP contribution in [0.5, 0.6) is 5.75 Å². The largest absolute Gasteiger partial charge is 0.497 e. The molecule has 0 aliphatic carbocycles. The molecule has 0 saturated heterocycles. The number of amides is 1. The summed E-state index contributed by atoms with van der Waals surface area (Å²) in [5.74, 6) is 1.41. The predicted octanol–water partition coefficient (Wildman–Crippen LogP) is 2.36. The summed E-state index contributed by atoms with van der Waals surface area (Å²) in [6.45, 7) is 3.04. The molecule has 0 unspecified atom stereocenters. The summed E-state index contributed by atoms with van der Waals surface area (Å²) < 4.78 is 8.98. The highest BCUT2D eigenvalue weighted by Crippen LogP contribution is 2.21. The molecule has 1 N–H and O–H groups in total. The van der Waals surface area contributed by atoms with Gasteiger partial charge in [0.2, 0.25) is 0 Å². The van der Waals surface area contributed by atoms with Crippen molar-refractivity contribution in [3.05, 3.63) is 66.1 Å². The zero-order valence-electron chi connectivity index (χ0n) is 15.7. The van der Waals surface area contributed by atoms with Crippen molar-refractivity contribution in [1.29, 1.82) is 0 Å². The van der Waals surface area contributed by atoms with Gasteiger partial charge in [-0.15, -0.1) is 5.10 Å². The van der Waals surface area contributed by atoms with Gasteiger partial charge in [-0.1, -0.05) is 0 Å². The number of carbonyl (C=O) groups is 1. The van der Waals surface area contributed by atoms with Crippen LogP contribution in [0.1, 0.15) is 16.2 Å². The summed E-state index contributed by atoms with van der Waals surface area (Å²) in [4.78, 5) is 12.4. The summed E-state index contributed by atoms with van der Waals surface area (Å²) in [7, 11) is 1.66. The average molecular weight is 376 g/mol. The number of nitrogens with one attached hydrogen (secondary N) is 1. The Morgan fingerprint density at radius 3 is 2.68 bits per heavy atom. The number of benzene rings is 2. The normalized spacial score (nSPS) is 10.9. The first-order valence-electron chi connectivity index (χ1n) is 8.92. The first kappa shape index (κ1) is 17.7. The number of rotatable bonds is 6. The lowest BCUT2D eigenvalue weighted by Gasteiger charge is -2.09. The molecule has 2 heterocycles. The molecule has 8 heteroatoms. The smallest absolute Gasteiger partial charge is 0.251 e. The van der Waals surface area contributed by atoms with Crippen LogP contribution >= 0.6 is 0 Å². The van der Waals surface area contributed by atoms with Crippen LogP contribution in [0.25, 0.3) is 16.6 Å². The van der Waals surface area contributed by atoms with E-state index in [0.717, 1.165) is 22.3 Å². The minimum Gasteiger partial charge on any atom is -0.497 e. The molecule has 1 amide bonds. The van der Waals surface area contributed by atoms with Crippen LogP contribution in [0, 0.1) is 6.92 Å². The SMILES string of the molecule is COc1ccc2c(ccn2CCNC(=O)c2ccc(-n3nnnc3C)cc2)c1. The third-order valence-corrected chi connectivity index (χ3v) is 4.62. The van der Waals surface area contributed by atoms with Gasteiger partial charge in [0.05, 0.1) is 12.8 Å². The maximum absolute atomic E-state index is 12.4. The van der Waals surface area contributed by atoms with Gasteiger partial charge in [-0.2, -0.15) is 4.68 Å². The van der Waals surface area contributed by atoms with Gasteiger partial charge in [0.1, 0.15) is 5.75 Å². The number of carbonyl (C=O) groups excluding carboxylic acids is 1. The molecule has 0 fully saturated rings. The van der Waals surface area contributed by atoms with Crippen molar-refractivity contribution in [2.24, 2.45) is 0 Å². The second-order valence-corrected chi connectivity index (χ2v) is 6.37. The van der Waals surface area contributed by atoms with Crippen molar-refractivity contribution in [3.63, 3.8) is 0 Å². The number of aryl methyl sites for hydroxylation is 1. The molecule has 2 aromatic carbocycles. The number of hydrogen-bond acceptors (Lipinski definition) is 5. The molecule has 0 bridgehead atoms. The molecular weight excluding hydrogens is 356 g/mol. The monoisotopic (exact) mass is 376 g/mol. The molecule has 0 saturated carbocycles. The summed E-state index contributed by atoms with van der Waals surface area (Å²) in [6.07, 6.45) is 2.01. The fraction of sp³-hybridized carbons (Fsp3) is 0.200. The molecule has 4 aromatic rings. The molecule has 4 rings (SSSR count). The van der Waals surface area contributed by atoms with Gasteiger partial charge in [-0.25, -0.2) is 0 Å². The molecule has 142 valence electrons. The van der Waals surface area contributed by atoms with Crippen LogP contribution in [-0.4, -0.2) is 44.3 Å². The van der Waals surface area contributed by atoms with E-state index in [0.29, 0.717) is 24.5 Å². The Kier molecular flexibility index (Phi) is 4.76. The van der Waals surface area contributed by atoms with E-state index in [1.807, 2.05) is 49.5 Å². The van der Waals surface area contributed by atoms with Crippen molar-refractivity contribution < 1.29 is 9.53 Å². The number of ether oxygens (including phenoxy) is 1. The lowest BCUT2D eigenvalue weighted by atomic mass is 10.2. The van der Waals surface area contributed by atoms with Crippen molar-refractivity contribution in [1.82, 2.24) is 30.1 Å². The first-order chi connectivity index (χ1) is 13.7. The lowest BCUT2D eigenvalue weighted by molar-refractivity contribution is 0.0952. The van der Waals surface area contributed by atoms with Crippen LogP contribution in [0.4, 0.5) is 0 Å².